The number of hydrogen-bond acceptors (Lipinski definition) is 3. The van der Waals surface area contributed by atoms with Crippen LogP contribution in [0.3, 0.4) is 0 Å². The summed E-state index contributed by atoms with van der Waals surface area (Å²) in [6.07, 6.45) is 0. The number of thiophene rings is 1. The third-order valence-electron chi connectivity index (χ3n) is 1.47. The van der Waals surface area contributed by atoms with E-state index < -0.39 is 9.05 Å². The van der Waals surface area contributed by atoms with Gasteiger partial charge in [0.15, 0.2) is 0 Å². The fraction of sp³-hybridized carbons (Fsp3) is 0.429. The third-order valence-corrected chi connectivity index (χ3v) is 3.46. The van der Waals surface area contributed by atoms with Crippen molar-refractivity contribution >= 4 is 31.1 Å². The van der Waals surface area contributed by atoms with Gasteiger partial charge in [-0.25, -0.2) is 8.42 Å². The van der Waals surface area contributed by atoms with E-state index >= 15 is 0 Å². The van der Waals surface area contributed by atoms with E-state index in [0.29, 0.717) is 0 Å². The Kier molecular flexibility index (Phi) is 2.81. The second-order valence-electron chi connectivity index (χ2n) is 2.62. The van der Waals surface area contributed by atoms with Gasteiger partial charge in [0, 0.05) is 20.4 Å². The van der Waals surface area contributed by atoms with Gasteiger partial charge in [0.25, 0.3) is 0 Å². The number of rotatable bonds is 2. The molecule has 0 N–H and O–H groups in total. The molecule has 0 aliphatic heterocycles. The smallest absolute Gasteiger partial charge is 0.212 e. The molecule has 0 radical (unpaired) electrons. The lowest BCUT2D eigenvalue weighted by molar-refractivity contribution is 0.609. The van der Waals surface area contributed by atoms with E-state index in [1.165, 1.54) is 0 Å². The Labute approximate surface area is 80.6 Å². The van der Waals surface area contributed by atoms with Gasteiger partial charge in [-0.3, -0.25) is 0 Å². The zero-order valence-corrected chi connectivity index (χ0v) is 9.18. The highest BCUT2D eigenvalue weighted by molar-refractivity contribution is 8.13. The average Bonchev–Trinajstić information content (AvgIpc) is 2.06. The lowest BCUT2D eigenvalue weighted by atomic mass is 10.3. The molecule has 1 aromatic rings. The number of halogens is 1. The topological polar surface area (TPSA) is 34.1 Å². The molecule has 12 heavy (non-hydrogen) atoms. The van der Waals surface area contributed by atoms with Gasteiger partial charge in [0.1, 0.15) is 0 Å². The monoisotopic (exact) mass is 224 g/mol. The van der Waals surface area contributed by atoms with Crippen LogP contribution in [0.1, 0.15) is 15.3 Å². The summed E-state index contributed by atoms with van der Waals surface area (Å²) in [7, 11) is 1.72. The molecule has 0 fully saturated rings. The van der Waals surface area contributed by atoms with Crippen molar-refractivity contribution in [3.05, 3.63) is 21.4 Å². The highest BCUT2D eigenvalue weighted by atomic mass is 35.7. The molecular formula is C7H9ClO2S2. The summed E-state index contributed by atoms with van der Waals surface area (Å²) < 4.78 is 21.5. The van der Waals surface area contributed by atoms with Crippen LogP contribution in [0.25, 0.3) is 0 Å². The van der Waals surface area contributed by atoms with Crippen LogP contribution in [0.5, 0.6) is 0 Å². The van der Waals surface area contributed by atoms with Crippen molar-refractivity contribution in [2.45, 2.75) is 19.6 Å². The predicted molar refractivity (Wildman–Crippen MR) is 52.3 cm³/mol. The van der Waals surface area contributed by atoms with E-state index in [-0.39, 0.29) is 5.75 Å². The summed E-state index contributed by atoms with van der Waals surface area (Å²) in [4.78, 5) is 2.14. The fourth-order valence-electron chi connectivity index (χ4n) is 1.01. The van der Waals surface area contributed by atoms with E-state index in [1.54, 1.807) is 11.3 Å². The van der Waals surface area contributed by atoms with Gasteiger partial charge in [0.05, 0.1) is 5.75 Å². The summed E-state index contributed by atoms with van der Waals surface area (Å²) in [5, 5.41) is 0. The number of hydrogen-bond donors (Lipinski definition) is 0. The van der Waals surface area contributed by atoms with Crippen molar-refractivity contribution in [1.82, 2.24) is 0 Å². The first-order valence-electron chi connectivity index (χ1n) is 3.37. The Morgan fingerprint density at radius 1 is 1.50 bits per heavy atom. The molecule has 68 valence electrons. The highest BCUT2D eigenvalue weighted by Gasteiger charge is 2.11. The molecule has 0 saturated carbocycles. The molecule has 0 aliphatic rings. The van der Waals surface area contributed by atoms with Crippen molar-refractivity contribution in [1.29, 1.82) is 0 Å². The SMILES string of the molecule is Cc1cc(CS(=O)(=O)Cl)c(C)s1. The Balaban J connectivity index is 2.97. The quantitative estimate of drug-likeness (QED) is 0.724. The Bertz CT molecular complexity index is 378. The fourth-order valence-corrected chi connectivity index (χ4v) is 3.07. The minimum absolute atomic E-state index is 0.0648. The zero-order chi connectivity index (χ0) is 9.35. The van der Waals surface area contributed by atoms with E-state index in [4.69, 9.17) is 10.7 Å². The first kappa shape index (κ1) is 10.0. The van der Waals surface area contributed by atoms with Crippen molar-refractivity contribution < 1.29 is 8.42 Å². The standard InChI is InChI=1S/C7H9ClO2S2/c1-5-3-7(6(2)11-5)4-12(8,9)10/h3H,4H2,1-2H3. The molecule has 0 saturated heterocycles. The van der Waals surface area contributed by atoms with Crippen LogP contribution < -0.4 is 0 Å². The summed E-state index contributed by atoms with van der Waals surface area (Å²) in [6, 6.07) is 1.86. The first-order valence-corrected chi connectivity index (χ1v) is 6.66. The predicted octanol–water partition coefficient (Wildman–Crippen LogP) is 2.43. The number of aryl methyl sites for hydroxylation is 2. The average molecular weight is 225 g/mol. The normalized spacial score (nSPS) is 11.9. The van der Waals surface area contributed by atoms with Crippen molar-refractivity contribution in [2.24, 2.45) is 0 Å². The molecule has 0 unspecified atom stereocenters. The molecule has 1 aromatic heterocycles. The molecule has 0 aliphatic carbocycles. The van der Waals surface area contributed by atoms with E-state index in [0.717, 1.165) is 15.3 Å². The van der Waals surface area contributed by atoms with Crippen LogP contribution >= 0.6 is 22.0 Å². The molecule has 0 atom stereocenters. The Morgan fingerprint density at radius 2 is 2.08 bits per heavy atom. The maximum atomic E-state index is 10.7. The Hall–Kier alpha value is -0.0600. The van der Waals surface area contributed by atoms with Gasteiger partial charge in [-0.05, 0) is 25.5 Å². The molecule has 1 heterocycles. The molecular weight excluding hydrogens is 216 g/mol. The summed E-state index contributed by atoms with van der Waals surface area (Å²) in [5.41, 5.74) is 0.813. The lowest BCUT2D eigenvalue weighted by Crippen LogP contribution is -1.94. The first-order chi connectivity index (χ1) is 5.38. The van der Waals surface area contributed by atoms with Crippen molar-refractivity contribution in [3.63, 3.8) is 0 Å². The molecule has 0 aromatic carbocycles. The molecule has 0 spiro atoms. The summed E-state index contributed by atoms with van der Waals surface area (Å²) in [5.74, 6) is -0.0648. The summed E-state index contributed by atoms with van der Waals surface area (Å²) >= 11 is 1.59. The van der Waals surface area contributed by atoms with Gasteiger partial charge in [-0.2, -0.15) is 0 Å². The van der Waals surface area contributed by atoms with Crippen molar-refractivity contribution in [3.8, 4) is 0 Å². The van der Waals surface area contributed by atoms with Crippen LogP contribution in [-0.4, -0.2) is 8.42 Å². The second kappa shape index (κ2) is 3.36. The highest BCUT2D eigenvalue weighted by Crippen LogP contribution is 2.23. The van der Waals surface area contributed by atoms with Gasteiger partial charge in [-0.15, -0.1) is 11.3 Å². The maximum Gasteiger partial charge on any atom is 0.236 e. The minimum atomic E-state index is -3.41. The van der Waals surface area contributed by atoms with Crippen molar-refractivity contribution in [2.75, 3.05) is 0 Å². The van der Waals surface area contributed by atoms with Gasteiger partial charge >= 0.3 is 0 Å². The van der Waals surface area contributed by atoms with Crippen LogP contribution in [0.2, 0.25) is 0 Å². The molecule has 1 rings (SSSR count). The van der Waals surface area contributed by atoms with Crippen LogP contribution in [0.15, 0.2) is 6.07 Å². The van der Waals surface area contributed by atoms with Gasteiger partial charge in [-0.1, -0.05) is 0 Å². The largest absolute Gasteiger partial charge is 0.236 e. The van der Waals surface area contributed by atoms with Crippen LogP contribution in [-0.2, 0) is 14.8 Å². The maximum absolute atomic E-state index is 10.7. The molecule has 2 nitrogen and oxygen atoms in total. The lowest BCUT2D eigenvalue weighted by Gasteiger charge is -1.93. The summed E-state index contributed by atoms with van der Waals surface area (Å²) in [6.45, 7) is 3.84. The van der Waals surface area contributed by atoms with Crippen LogP contribution in [0, 0.1) is 13.8 Å². The second-order valence-corrected chi connectivity index (χ2v) is 6.86. The Morgan fingerprint density at radius 3 is 2.42 bits per heavy atom. The molecule has 0 amide bonds. The van der Waals surface area contributed by atoms with E-state index in [9.17, 15) is 8.42 Å². The molecule has 5 heteroatoms. The van der Waals surface area contributed by atoms with Gasteiger partial charge in [0.2, 0.25) is 9.05 Å². The third kappa shape index (κ3) is 2.77. The minimum Gasteiger partial charge on any atom is -0.212 e. The van der Waals surface area contributed by atoms with Crippen LogP contribution in [0.4, 0.5) is 0 Å². The van der Waals surface area contributed by atoms with Gasteiger partial charge < -0.3 is 0 Å². The van der Waals surface area contributed by atoms with E-state index in [1.807, 2.05) is 19.9 Å². The zero-order valence-electron chi connectivity index (χ0n) is 6.80. The molecule has 0 bridgehead atoms. The van der Waals surface area contributed by atoms with E-state index in [2.05, 4.69) is 0 Å².